The van der Waals surface area contributed by atoms with Crippen LogP contribution in [0.1, 0.15) is 11.3 Å². The lowest BCUT2D eigenvalue weighted by molar-refractivity contribution is 0.299. The lowest BCUT2D eigenvalue weighted by atomic mass is 10.2. The SMILES string of the molecule is Cc1n[c]ncc1CCO. The van der Waals surface area contributed by atoms with E-state index in [1.165, 1.54) is 0 Å². The maximum absolute atomic E-state index is 8.58. The quantitative estimate of drug-likeness (QED) is 0.629. The van der Waals surface area contributed by atoms with Crippen molar-refractivity contribution in [2.75, 3.05) is 6.61 Å². The van der Waals surface area contributed by atoms with Gasteiger partial charge in [-0.25, -0.2) is 9.97 Å². The summed E-state index contributed by atoms with van der Waals surface area (Å²) >= 11 is 0. The van der Waals surface area contributed by atoms with Crippen molar-refractivity contribution in [1.29, 1.82) is 0 Å². The predicted molar refractivity (Wildman–Crippen MR) is 36.4 cm³/mol. The van der Waals surface area contributed by atoms with Crippen LogP contribution in [0.15, 0.2) is 6.20 Å². The van der Waals surface area contributed by atoms with Gasteiger partial charge in [0.05, 0.1) is 0 Å². The van der Waals surface area contributed by atoms with Crippen LogP contribution in [-0.2, 0) is 6.42 Å². The monoisotopic (exact) mass is 137 g/mol. The summed E-state index contributed by atoms with van der Waals surface area (Å²) in [5.74, 6) is 0. The zero-order chi connectivity index (χ0) is 7.40. The Morgan fingerprint density at radius 3 is 3.10 bits per heavy atom. The molecule has 1 N–H and O–H groups in total. The van der Waals surface area contributed by atoms with Crippen LogP contribution in [0.2, 0.25) is 0 Å². The van der Waals surface area contributed by atoms with E-state index in [0.29, 0.717) is 6.42 Å². The fourth-order valence-electron chi connectivity index (χ4n) is 0.742. The van der Waals surface area contributed by atoms with Crippen molar-refractivity contribution in [1.82, 2.24) is 9.97 Å². The molecule has 0 aliphatic heterocycles. The van der Waals surface area contributed by atoms with E-state index in [4.69, 9.17) is 5.11 Å². The lowest BCUT2D eigenvalue weighted by Crippen LogP contribution is -1.97. The number of aryl methyl sites for hydroxylation is 1. The Balaban J connectivity index is 2.81. The second-order valence-electron chi connectivity index (χ2n) is 2.05. The molecule has 1 aromatic rings. The largest absolute Gasteiger partial charge is 0.396 e. The third-order valence-corrected chi connectivity index (χ3v) is 1.34. The number of nitrogens with zero attached hydrogens (tertiary/aromatic N) is 2. The minimum absolute atomic E-state index is 0.147. The number of hydrogen-bond donors (Lipinski definition) is 1. The molecule has 0 aliphatic carbocycles. The smallest absolute Gasteiger partial charge is 0.197 e. The number of hydrogen-bond acceptors (Lipinski definition) is 3. The van der Waals surface area contributed by atoms with Gasteiger partial charge in [0.25, 0.3) is 0 Å². The van der Waals surface area contributed by atoms with E-state index in [1.807, 2.05) is 6.92 Å². The molecule has 0 spiro atoms. The molecule has 0 bridgehead atoms. The Kier molecular flexibility index (Phi) is 2.34. The third kappa shape index (κ3) is 1.51. The molecule has 0 fully saturated rings. The molecule has 3 nitrogen and oxygen atoms in total. The highest BCUT2D eigenvalue weighted by Gasteiger charge is 1.96. The average molecular weight is 137 g/mol. The molecule has 1 heterocycles. The standard InChI is InChI=1S/C7H9N2O/c1-6-7(2-3-10)4-8-5-9-6/h4,10H,2-3H2,1H3. The van der Waals surface area contributed by atoms with Crippen LogP contribution in [0.4, 0.5) is 0 Å². The summed E-state index contributed by atoms with van der Waals surface area (Å²) in [5.41, 5.74) is 1.88. The van der Waals surface area contributed by atoms with Gasteiger partial charge in [0.1, 0.15) is 0 Å². The Labute approximate surface area is 59.8 Å². The second kappa shape index (κ2) is 3.27. The van der Waals surface area contributed by atoms with Gasteiger partial charge in [0.2, 0.25) is 0 Å². The van der Waals surface area contributed by atoms with Gasteiger partial charge < -0.3 is 5.11 Å². The summed E-state index contributed by atoms with van der Waals surface area (Å²) in [4.78, 5) is 7.57. The van der Waals surface area contributed by atoms with Crippen LogP contribution >= 0.6 is 0 Å². The van der Waals surface area contributed by atoms with Crippen molar-refractivity contribution in [3.63, 3.8) is 0 Å². The second-order valence-corrected chi connectivity index (χ2v) is 2.05. The summed E-state index contributed by atoms with van der Waals surface area (Å²) in [6.45, 7) is 2.03. The summed E-state index contributed by atoms with van der Waals surface area (Å²) in [6, 6.07) is 0. The van der Waals surface area contributed by atoms with Crippen molar-refractivity contribution in [2.24, 2.45) is 0 Å². The van der Waals surface area contributed by atoms with E-state index in [2.05, 4.69) is 16.3 Å². The van der Waals surface area contributed by atoms with Gasteiger partial charge in [-0.3, -0.25) is 0 Å². The van der Waals surface area contributed by atoms with E-state index >= 15 is 0 Å². The van der Waals surface area contributed by atoms with Crippen molar-refractivity contribution in [2.45, 2.75) is 13.3 Å². The van der Waals surface area contributed by atoms with E-state index in [-0.39, 0.29) is 6.61 Å². The van der Waals surface area contributed by atoms with Crippen LogP contribution < -0.4 is 0 Å². The molecule has 0 aromatic carbocycles. The average Bonchev–Trinajstić information content (AvgIpc) is 1.94. The Morgan fingerprint density at radius 2 is 2.50 bits per heavy atom. The predicted octanol–water partition coefficient (Wildman–Crippen LogP) is 0.120. The Hall–Kier alpha value is -0.960. The summed E-state index contributed by atoms with van der Waals surface area (Å²) in [6.07, 6.45) is 4.78. The molecule has 1 radical (unpaired) electrons. The summed E-state index contributed by atoms with van der Waals surface area (Å²) < 4.78 is 0. The van der Waals surface area contributed by atoms with Gasteiger partial charge in [0, 0.05) is 18.5 Å². The van der Waals surface area contributed by atoms with Crippen LogP contribution in [0.25, 0.3) is 0 Å². The van der Waals surface area contributed by atoms with Gasteiger partial charge in [-0.15, -0.1) is 0 Å². The van der Waals surface area contributed by atoms with E-state index < -0.39 is 0 Å². The van der Waals surface area contributed by atoms with Crippen LogP contribution in [0, 0.1) is 13.3 Å². The van der Waals surface area contributed by atoms with Crippen molar-refractivity contribution in [3.05, 3.63) is 23.8 Å². The Morgan fingerprint density at radius 1 is 1.70 bits per heavy atom. The number of aliphatic hydroxyl groups excluding tert-OH is 1. The first-order valence-electron chi connectivity index (χ1n) is 3.14. The maximum Gasteiger partial charge on any atom is 0.197 e. The molecular formula is C7H9N2O. The number of aromatic nitrogens is 2. The van der Waals surface area contributed by atoms with Gasteiger partial charge in [-0.05, 0) is 18.9 Å². The molecule has 0 amide bonds. The molecule has 0 saturated heterocycles. The number of aliphatic hydroxyl groups is 1. The molecule has 1 rings (SSSR count). The highest BCUT2D eigenvalue weighted by molar-refractivity contribution is 5.13. The first-order valence-corrected chi connectivity index (χ1v) is 3.14. The van der Waals surface area contributed by atoms with Gasteiger partial charge in [-0.2, -0.15) is 0 Å². The highest BCUT2D eigenvalue weighted by atomic mass is 16.2. The molecule has 0 saturated carbocycles. The molecule has 10 heavy (non-hydrogen) atoms. The normalized spacial score (nSPS) is 9.80. The molecule has 0 unspecified atom stereocenters. The maximum atomic E-state index is 8.58. The van der Waals surface area contributed by atoms with Crippen molar-refractivity contribution < 1.29 is 5.11 Å². The van der Waals surface area contributed by atoms with Crippen LogP contribution in [0.5, 0.6) is 0 Å². The van der Waals surface area contributed by atoms with Gasteiger partial charge in [0.15, 0.2) is 6.33 Å². The van der Waals surface area contributed by atoms with Crippen LogP contribution in [-0.4, -0.2) is 21.7 Å². The zero-order valence-corrected chi connectivity index (χ0v) is 5.83. The van der Waals surface area contributed by atoms with Gasteiger partial charge in [-0.1, -0.05) is 0 Å². The molecule has 1 aromatic heterocycles. The highest BCUT2D eigenvalue weighted by Crippen LogP contribution is 2.00. The Bertz CT molecular complexity index is 213. The fourth-order valence-corrected chi connectivity index (χ4v) is 0.742. The van der Waals surface area contributed by atoms with Crippen molar-refractivity contribution >= 4 is 0 Å². The summed E-state index contributed by atoms with van der Waals surface area (Å²) in [7, 11) is 0. The topological polar surface area (TPSA) is 46.0 Å². The minimum Gasteiger partial charge on any atom is -0.396 e. The third-order valence-electron chi connectivity index (χ3n) is 1.34. The molecule has 3 heteroatoms. The lowest BCUT2D eigenvalue weighted by Gasteiger charge is -1.98. The first-order chi connectivity index (χ1) is 4.84. The van der Waals surface area contributed by atoms with Crippen LogP contribution in [0.3, 0.4) is 0 Å². The summed E-state index contributed by atoms with van der Waals surface area (Å²) in [5, 5.41) is 8.58. The zero-order valence-electron chi connectivity index (χ0n) is 5.83. The molecule has 0 aliphatic rings. The van der Waals surface area contributed by atoms with Gasteiger partial charge >= 0.3 is 0 Å². The molecule has 0 atom stereocenters. The molecular weight excluding hydrogens is 128 g/mol. The molecule has 53 valence electrons. The first kappa shape index (κ1) is 7.15. The number of rotatable bonds is 2. The van der Waals surface area contributed by atoms with Crippen molar-refractivity contribution in [3.8, 4) is 0 Å². The fraction of sp³-hybridized carbons (Fsp3) is 0.429. The van der Waals surface area contributed by atoms with E-state index in [1.54, 1.807) is 6.20 Å². The van der Waals surface area contributed by atoms with E-state index in [0.717, 1.165) is 11.3 Å². The van der Waals surface area contributed by atoms with E-state index in [9.17, 15) is 0 Å². The minimum atomic E-state index is 0.147.